The molecule has 0 radical (unpaired) electrons. The van der Waals surface area contributed by atoms with Crippen molar-refractivity contribution in [3.63, 3.8) is 0 Å². The molecule has 0 aromatic heterocycles. The number of aryl methyl sites for hydroxylation is 3. The summed E-state index contributed by atoms with van der Waals surface area (Å²) in [6.07, 6.45) is 0. The fourth-order valence-corrected chi connectivity index (χ4v) is 4.25. The van der Waals surface area contributed by atoms with Crippen molar-refractivity contribution < 1.29 is 13.2 Å². The largest absolute Gasteiger partial charge is 0.496 e. The predicted molar refractivity (Wildman–Crippen MR) is 98.5 cm³/mol. The molecule has 5 heteroatoms. The highest BCUT2D eigenvalue weighted by atomic mass is 32.2. The predicted octanol–water partition coefficient (Wildman–Crippen LogP) is 4.54. The van der Waals surface area contributed by atoms with Crippen molar-refractivity contribution in [2.45, 2.75) is 45.4 Å². The smallest absolute Gasteiger partial charge is 0.262 e. The summed E-state index contributed by atoms with van der Waals surface area (Å²) in [4.78, 5) is 0.277. The van der Waals surface area contributed by atoms with Gasteiger partial charge in [-0.1, -0.05) is 32.0 Å². The van der Waals surface area contributed by atoms with E-state index in [4.69, 9.17) is 4.74 Å². The van der Waals surface area contributed by atoms with Gasteiger partial charge in [-0.2, -0.15) is 0 Å². The summed E-state index contributed by atoms with van der Waals surface area (Å²) in [7, 11) is -2.10. The quantitative estimate of drug-likeness (QED) is 0.863. The van der Waals surface area contributed by atoms with E-state index >= 15 is 0 Å². The molecule has 0 aliphatic carbocycles. The molecular formula is C19H25NO3S. The van der Waals surface area contributed by atoms with Gasteiger partial charge in [-0.15, -0.1) is 0 Å². The lowest BCUT2D eigenvalue weighted by molar-refractivity contribution is 0.411. The van der Waals surface area contributed by atoms with Crippen LogP contribution in [0.5, 0.6) is 5.75 Å². The Morgan fingerprint density at radius 2 is 1.67 bits per heavy atom. The van der Waals surface area contributed by atoms with Gasteiger partial charge < -0.3 is 4.74 Å². The number of rotatable bonds is 5. The van der Waals surface area contributed by atoms with Gasteiger partial charge in [-0.05, 0) is 61.1 Å². The molecule has 0 spiro atoms. The lowest BCUT2D eigenvalue weighted by Gasteiger charge is -2.19. The number of sulfonamides is 1. The Hall–Kier alpha value is -2.01. The number of nitrogens with one attached hydrogen (secondary N) is 1. The second kappa shape index (κ2) is 6.85. The Balaban J connectivity index is 2.53. The van der Waals surface area contributed by atoms with E-state index in [1.807, 2.05) is 32.0 Å². The van der Waals surface area contributed by atoms with Crippen molar-refractivity contribution >= 4 is 15.7 Å². The summed E-state index contributed by atoms with van der Waals surface area (Å²) in [5.41, 5.74) is 4.01. The molecule has 4 nitrogen and oxygen atoms in total. The molecule has 0 saturated carbocycles. The number of hydrogen-bond donors (Lipinski definition) is 1. The van der Waals surface area contributed by atoms with E-state index in [-0.39, 0.29) is 10.8 Å². The van der Waals surface area contributed by atoms with Gasteiger partial charge in [-0.25, -0.2) is 8.42 Å². The Morgan fingerprint density at radius 3 is 2.25 bits per heavy atom. The van der Waals surface area contributed by atoms with Crippen molar-refractivity contribution in [3.8, 4) is 5.75 Å². The van der Waals surface area contributed by atoms with Gasteiger partial charge in [0.05, 0.1) is 17.7 Å². The number of anilines is 1. The van der Waals surface area contributed by atoms with Gasteiger partial charge in [0.1, 0.15) is 5.75 Å². The third-order valence-corrected chi connectivity index (χ3v) is 5.64. The first kappa shape index (κ1) is 18.3. The third-order valence-electron chi connectivity index (χ3n) is 4.15. The van der Waals surface area contributed by atoms with E-state index in [9.17, 15) is 8.42 Å². The van der Waals surface area contributed by atoms with Gasteiger partial charge >= 0.3 is 0 Å². The summed E-state index contributed by atoms with van der Waals surface area (Å²) >= 11 is 0. The van der Waals surface area contributed by atoms with Crippen LogP contribution in [0.2, 0.25) is 0 Å². The maximum atomic E-state index is 12.9. The molecule has 0 amide bonds. The molecule has 0 atom stereocenters. The minimum absolute atomic E-state index is 0.223. The molecule has 0 saturated heterocycles. The topological polar surface area (TPSA) is 55.4 Å². The minimum atomic E-state index is -3.68. The minimum Gasteiger partial charge on any atom is -0.496 e. The van der Waals surface area contributed by atoms with E-state index in [1.54, 1.807) is 26.2 Å². The first-order chi connectivity index (χ1) is 11.2. The molecule has 0 aliphatic heterocycles. The first-order valence-corrected chi connectivity index (χ1v) is 9.43. The van der Waals surface area contributed by atoms with Gasteiger partial charge in [0.15, 0.2) is 0 Å². The van der Waals surface area contributed by atoms with Crippen LogP contribution in [0.25, 0.3) is 0 Å². The summed E-state index contributed by atoms with van der Waals surface area (Å²) in [6.45, 7) is 9.63. The number of benzene rings is 2. The average molecular weight is 347 g/mol. The highest BCUT2D eigenvalue weighted by Gasteiger charge is 2.21. The summed E-state index contributed by atoms with van der Waals surface area (Å²) in [5.74, 6) is 0.909. The molecule has 130 valence electrons. The number of ether oxygens (including phenoxy) is 1. The van der Waals surface area contributed by atoms with Crippen LogP contribution in [0, 0.1) is 20.8 Å². The lowest BCUT2D eigenvalue weighted by atomic mass is 9.99. The van der Waals surface area contributed by atoms with Crippen LogP contribution < -0.4 is 9.46 Å². The number of para-hydroxylation sites is 1. The zero-order valence-electron chi connectivity index (χ0n) is 15.1. The van der Waals surface area contributed by atoms with Crippen LogP contribution in [-0.4, -0.2) is 15.5 Å². The number of methoxy groups -OCH3 is 1. The van der Waals surface area contributed by atoms with Crippen LogP contribution in [0.15, 0.2) is 35.2 Å². The van der Waals surface area contributed by atoms with Crippen LogP contribution in [-0.2, 0) is 10.0 Å². The molecule has 0 bridgehead atoms. The zero-order valence-corrected chi connectivity index (χ0v) is 15.9. The Kier molecular flexibility index (Phi) is 5.23. The summed E-state index contributed by atoms with van der Waals surface area (Å²) < 4.78 is 34.0. The van der Waals surface area contributed by atoms with Gasteiger partial charge in [0.2, 0.25) is 0 Å². The average Bonchev–Trinajstić information content (AvgIpc) is 2.50. The van der Waals surface area contributed by atoms with Crippen molar-refractivity contribution in [2.24, 2.45) is 0 Å². The van der Waals surface area contributed by atoms with E-state index in [2.05, 4.69) is 18.6 Å². The van der Waals surface area contributed by atoms with Crippen LogP contribution in [0.4, 0.5) is 5.69 Å². The molecule has 1 N–H and O–H groups in total. The highest BCUT2D eigenvalue weighted by molar-refractivity contribution is 7.92. The molecule has 0 heterocycles. The van der Waals surface area contributed by atoms with Gasteiger partial charge in [0, 0.05) is 0 Å². The van der Waals surface area contributed by atoms with Crippen LogP contribution in [0.1, 0.15) is 42.0 Å². The second-order valence-electron chi connectivity index (χ2n) is 6.39. The Morgan fingerprint density at radius 1 is 1.00 bits per heavy atom. The van der Waals surface area contributed by atoms with E-state index in [1.165, 1.54) is 0 Å². The normalized spacial score (nSPS) is 11.6. The summed E-state index contributed by atoms with van der Waals surface area (Å²) in [5, 5.41) is 0. The van der Waals surface area contributed by atoms with E-state index < -0.39 is 10.0 Å². The van der Waals surface area contributed by atoms with Crippen LogP contribution in [0.3, 0.4) is 0 Å². The molecule has 2 rings (SSSR count). The van der Waals surface area contributed by atoms with Gasteiger partial charge in [-0.3, -0.25) is 4.72 Å². The Bertz CT molecular complexity index is 855. The fourth-order valence-electron chi connectivity index (χ4n) is 2.77. The maximum Gasteiger partial charge on any atom is 0.262 e. The van der Waals surface area contributed by atoms with E-state index in [0.29, 0.717) is 17.0 Å². The molecule has 2 aromatic rings. The molecule has 0 unspecified atom stereocenters. The maximum absolute atomic E-state index is 12.9. The van der Waals surface area contributed by atoms with E-state index in [0.717, 1.165) is 16.7 Å². The standard InChI is InChI=1S/C19H25NO3S/c1-12(2)16-9-7-8-13(3)19(16)20-24(21,22)18-11-14(4)17(23-6)10-15(18)5/h7-12,20H,1-6H3. The van der Waals surface area contributed by atoms with Crippen molar-refractivity contribution in [1.82, 2.24) is 0 Å². The monoisotopic (exact) mass is 347 g/mol. The molecular weight excluding hydrogens is 322 g/mol. The highest BCUT2D eigenvalue weighted by Crippen LogP contribution is 2.31. The molecule has 0 fully saturated rings. The van der Waals surface area contributed by atoms with Crippen molar-refractivity contribution in [2.75, 3.05) is 11.8 Å². The van der Waals surface area contributed by atoms with Crippen molar-refractivity contribution in [3.05, 3.63) is 52.6 Å². The molecule has 2 aromatic carbocycles. The third kappa shape index (κ3) is 3.56. The lowest BCUT2D eigenvalue weighted by Crippen LogP contribution is -2.17. The molecule has 24 heavy (non-hydrogen) atoms. The number of hydrogen-bond acceptors (Lipinski definition) is 3. The Labute approximate surface area is 144 Å². The SMILES string of the molecule is COc1cc(C)c(S(=O)(=O)Nc2c(C)cccc2C(C)C)cc1C. The zero-order chi connectivity index (χ0) is 18.1. The van der Waals surface area contributed by atoms with Gasteiger partial charge in [0.25, 0.3) is 10.0 Å². The fraction of sp³-hybridized carbons (Fsp3) is 0.368. The molecule has 0 aliphatic rings. The second-order valence-corrected chi connectivity index (χ2v) is 8.04. The summed E-state index contributed by atoms with van der Waals surface area (Å²) in [6, 6.07) is 9.23. The van der Waals surface area contributed by atoms with Crippen molar-refractivity contribution in [1.29, 1.82) is 0 Å². The first-order valence-electron chi connectivity index (χ1n) is 7.95. The van der Waals surface area contributed by atoms with Crippen LogP contribution >= 0.6 is 0 Å².